The number of rotatable bonds is 8. The van der Waals surface area contributed by atoms with Crippen LogP contribution in [-0.4, -0.2) is 42.7 Å². The predicted octanol–water partition coefficient (Wildman–Crippen LogP) is 2.28. The molecule has 2 aliphatic heterocycles. The second-order valence-corrected chi connectivity index (χ2v) is 11.7. The fourth-order valence-corrected chi connectivity index (χ4v) is 6.49. The number of hydrogen-bond donors (Lipinski definition) is 0. The monoisotopic (exact) mass is 583 g/mol. The Kier molecular flexibility index (Phi) is 8.62. The number of nitrogens with zero attached hydrogens (tertiary/aromatic N) is 7. The number of fused-ring (bicyclic) bond motifs is 2. The smallest absolute Gasteiger partial charge is 0.330 e. The van der Waals surface area contributed by atoms with E-state index < -0.39 is 5.60 Å². The largest absolute Gasteiger partial charge is 1.00 e. The van der Waals surface area contributed by atoms with Gasteiger partial charge in [-0.3, -0.25) is 24.5 Å². The van der Waals surface area contributed by atoms with Gasteiger partial charge in [-0.05, 0) is 66.1 Å². The first kappa shape index (κ1) is 29.8. The molecule has 2 atom stereocenters. The molecule has 0 spiro atoms. The van der Waals surface area contributed by atoms with Crippen molar-refractivity contribution in [3.05, 3.63) is 94.0 Å². The summed E-state index contributed by atoms with van der Waals surface area (Å²) in [5, 5.41) is 18.1. The molecule has 0 bridgehead atoms. The van der Waals surface area contributed by atoms with Gasteiger partial charge < -0.3 is 5.10 Å². The Morgan fingerprint density at radius 1 is 1.07 bits per heavy atom. The van der Waals surface area contributed by atoms with Crippen LogP contribution in [0.1, 0.15) is 62.9 Å². The predicted molar refractivity (Wildman–Crippen MR) is 161 cm³/mol. The zero-order valence-corrected chi connectivity index (χ0v) is 27.0. The number of hydrogen-bond acceptors (Lipinski definition) is 7. The van der Waals surface area contributed by atoms with E-state index >= 15 is 0 Å². The van der Waals surface area contributed by atoms with Crippen molar-refractivity contribution in [1.82, 2.24) is 35.2 Å². The molecule has 0 amide bonds. The fraction of sp³-hybridized carbons (Fsp3) is 0.364. The molecule has 5 aromatic rings. The summed E-state index contributed by atoms with van der Waals surface area (Å²) in [6, 6.07) is 22.8. The first-order chi connectivity index (χ1) is 20.5. The Morgan fingerprint density at radius 3 is 2.63 bits per heavy atom. The van der Waals surface area contributed by atoms with Crippen LogP contribution >= 0.6 is 0 Å². The van der Waals surface area contributed by atoms with Crippen molar-refractivity contribution >= 4 is 10.9 Å². The standard InChI is InChI=1S/C33H34N7O2.Na/c1-3-4-11-30-34-29-17-16-24(33(2)20-25-8-7-18-40(25)42-33)19-28(29)32(41)39(30)21-22-12-14-23(15-13-22)26-9-5-6-10-27(26)31-35-37-38-36-31;/h5-6,9-10,12-17,19,25H,3-4,7-8,11,18,20-21H2,1-2H3;/q-1;+1/t25-,33+;/m1./s1. The van der Waals surface area contributed by atoms with Gasteiger partial charge >= 0.3 is 29.6 Å². The minimum Gasteiger partial charge on any atom is -0.330 e. The summed E-state index contributed by atoms with van der Waals surface area (Å²) >= 11 is 0. The van der Waals surface area contributed by atoms with Crippen LogP contribution < -0.4 is 40.2 Å². The minimum atomic E-state index is -0.427. The van der Waals surface area contributed by atoms with Crippen molar-refractivity contribution < 1.29 is 34.4 Å². The molecule has 10 heteroatoms. The molecule has 0 radical (unpaired) electrons. The molecule has 9 nitrogen and oxygen atoms in total. The fourth-order valence-electron chi connectivity index (χ4n) is 6.49. The van der Waals surface area contributed by atoms with Gasteiger partial charge in [0.1, 0.15) is 11.4 Å². The molecule has 43 heavy (non-hydrogen) atoms. The van der Waals surface area contributed by atoms with Crippen molar-refractivity contribution in [2.45, 2.75) is 70.6 Å². The summed E-state index contributed by atoms with van der Waals surface area (Å²) in [5.74, 6) is 1.33. The molecule has 2 aliphatic rings. The van der Waals surface area contributed by atoms with E-state index in [0.717, 1.165) is 71.4 Å². The van der Waals surface area contributed by atoms with Crippen molar-refractivity contribution in [3.8, 4) is 22.5 Å². The van der Waals surface area contributed by atoms with Crippen LogP contribution in [-0.2, 0) is 23.4 Å². The number of benzene rings is 3. The van der Waals surface area contributed by atoms with Crippen molar-refractivity contribution in [2.24, 2.45) is 0 Å². The van der Waals surface area contributed by atoms with E-state index in [1.165, 1.54) is 12.8 Å². The minimum absolute atomic E-state index is 0. The maximum Gasteiger partial charge on any atom is 1.00 e. The Hall–Kier alpha value is -3.21. The Bertz CT molecular complexity index is 1770. The number of unbranched alkanes of at least 4 members (excludes halogenated alkanes) is 1. The van der Waals surface area contributed by atoms with E-state index in [0.29, 0.717) is 23.8 Å². The van der Waals surface area contributed by atoms with E-state index in [1.54, 1.807) is 0 Å². The number of aryl methyl sites for hydroxylation is 1. The molecule has 0 unspecified atom stereocenters. The van der Waals surface area contributed by atoms with E-state index in [4.69, 9.17) is 9.82 Å². The van der Waals surface area contributed by atoms with Crippen LogP contribution in [0.4, 0.5) is 0 Å². The Balaban J connectivity index is 0.00000329. The molecule has 3 aromatic carbocycles. The normalized spacial score (nSPS) is 19.9. The summed E-state index contributed by atoms with van der Waals surface area (Å²) in [5.41, 5.74) is 5.31. The Morgan fingerprint density at radius 2 is 1.88 bits per heavy atom. The van der Waals surface area contributed by atoms with Crippen LogP contribution in [0.2, 0.25) is 0 Å². The van der Waals surface area contributed by atoms with Gasteiger partial charge in [0.05, 0.1) is 17.4 Å². The zero-order chi connectivity index (χ0) is 28.7. The van der Waals surface area contributed by atoms with Gasteiger partial charge in [-0.1, -0.05) is 67.9 Å². The first-order valence-electron chi connectivity index (χ1n) is 14.9. The summed E-state index contributed by atoms with van der Waals surface area (Å²) < 4.78 is 1.86. The van der Waals surface area contributed by atoms with Crippen LogP contribution in [0.5, 0.6) is 0 Å². The number of hydroxylamine groups is 2. The van der Waals surface area contributed by atoms with E-state index in [2.05, 4.69) is 69.9 Å². The molecular formula is C33H34N7NaO2. The van der Waals surface area contributed by atoms with E-state index in [1.807, 2.05) is 41.0 Å². The number of aromatic nitrogens is 6. The van der Waals surface area contributed by atoms with Crippen LogP contribution in [0.3, 0.4) is 0 Å². The molecule has 4 heterocycles. The van der Waals surface area contributed by atoms with Gasteiger partial charge in [0.2, 0.25) is 0 Å². The van der Waals surface area contributed by atoms with Gasteiger partial charge in [-0.15, -0.1) is 0 Å². The van der Waals surface area contributed by atoms with Gasteiger partial charge in [-0.25, -0.2) is 4.98 Å². The average molecular weight is 584 g/mol. The average Bonchev–Trinajstić information content (AvgIpc) is 3.76. The molecule has 2 saturated heterocycles. The SMILES string of the molecule is CCCCc1nc2ccc([C@]3(C)C[C@H]4CCCN4O3)cc2c(=O)n1Cc1ccc(-c2ccccc2-c2nnn[n-]2)cc1.[Na+]. The molecule has 214 valence electrons. The summed E-state index contributed by atoms with van der Waals surface area (Å²) in [7, 11) is 0. The first-order valence-corrected chi connectivity index (χ1v) is 14.9. The molecule has 0 saturated carbocycles. The van der Waals surface area contributed by atoms with Crippen LogP contribution in [0.15, 0.2) is 71.5 Å². The molecule has 2 aromatic heterocycles. The van der Waals surface area contributed by atoms with E-state index in [-0.39, 0.29) is 35.1 Å². The second-order valence-electron chi connectivity index (χ2n) is 11.7. The zero-order valence-electron chi connectivity index (χ0n) is 25.0. The third-order valence-electron chi connectivity index (χ3n) is 8.76. The van der Waals surface area contributed by atoms with Gasteiger partial charge in [0.25, 0.3) is 5.56 Å². The summed E-state index contributed by atoms with van der Waals surface area (Å²) in [4.78, 5) is 25.5. The van der Waals surface area contributed by atoms with E-state index in [9.17, 15) is 4.79 Å². The molecule has 2 fully saturated rings. The van der Waals surface area contributed by atoms with Gasteiger partial charge in [-0.2, -0.15) is 10.3 Å². The maximum atomic E-state index is 14.1. The number of tetrazole rings is 1. The van der Waals surface area contributed by atoms with Crippen LogP contribution in [0.25, 0.3) is 33.4 Å². The summed E-state index contributed by atoms with van der Waals surface area (Å²) in [6.45, 7) is 5.73. The third-order valence-corrected chi connectivity index (χ3v) is 8.76. The molecule has 7 rings (SSSR count). The third kappa shape index (κ3) is 5.72. The Labute approximate surface area is 272 Å². The topological polar surface area (TPSA) is 100 Å². The van der Waals surface area contributed by atoms with Crippen LogP contribution in [0, 0.1) is 0 Å². The van der Waals surface area contributed by atoms with Crippen molar-refractivity contribution in [1.29, 1.82) is 0 Å². The molecular weight excluding hydrogens is 549 g/mol. The quantitative estimate of drug-likeness (QED) is 0.257. The van der Waals surface area contributed by atoms with Crippen molar-refractivity contribution in [2.75, 3.05) is 6.54 Å². The van der Waals surface area contributed by atoms with Gasteiger partial charge in [0.15, 0.2) is 0 Å². The molecule has 0 aliphatic carbocycles. The second kappa shape index (κ2) is 12.4. The van der Waals surface area contributed by atoms with Crippen molar-refractivity contribution in [3.63, 3.8) is 0 Å². The van der Waals surface area contributed by atoms with Gasteiger partial charge in [0, 0.05) is 31.3 Å². The molecule has 0 N–H and O–H groups in total. The maximum absolute atomic E-state index is 14.1. The summed E-state index contributed by atoms with van der Waals surface area (Å²) in [6.07, 6.45) is 6.05.